The normalized spacial score (nSPS) is 61.4. The number of halogens is 6. The molecule has 3 nitrogen and oxygen atoms in total. The summed E-state index contributed by atoms with van der Waals surface area (Å²) in [6.07, 6.45) is 2.39. The zero-order chi connectivity index (χ0) is 25.6. The predicted octanol–water partition coefficient (Wildman–Crippen LogP) is 6.02. The molecule has 7 aliphatic rings. The van der Waals surface area contributed by atoms with Gasteiger partial charge in [-0.1, -0.05) is 19.4 Å². The topological polar surface area (TPSA) is 38.8 Å². The molecule has 0 aromatic heterocycles. The van der Waals surface area contributed by atoms with Gasteiger partial charge >= 0.3 is 6.61 Å². The minimum absolute atomic E-state index is 0.0828. The highest BCUT2D eigenvalue weighted by atomic mass is 19.3. The molecule has 5 saturated carbocycles. The number of ether oxygens (including phenoxy) is 2. The number of allylic oxidation sites excluding steroid dienone is 1. The van der Waals surface area contributed by atoms with E-state index in [1.54, 1.807) is 6.92 Å². The molecule has 35 heavy (non-hydrogen) atoms. The highest BCUT2D eigenvalue weighted by Crippen LogP contribution is 2.88. The van der Waals surface area contributed by atoms with Crippen molar-refractivity contribution in [2.45, 2.75) is 95.6 Å². The molecule has 11 unspecified atom stereocenters. The monoisotopic (exact) mass is 504 g/mol. The first kappa shape index (κ1) is 23.1. The lowest BCUT2D eigenvalue weighted by Crippen LogP contribution is -2.56. The summed E-state index contributed by atoms with van der Waals surface area (Å²) in [6, 6.07) is 0. The van der Waals surface area contributed by atoms with E-state index in [4.69, 9.17) is 4.74 Å². The third-order valence-electron chi connectivity index (χ3n) is 12.4. The molecule has 0 amide bonds. The number of ketones is 1. The Morgan fingerprint density at radius 3 is 2.31 bits per heavy atom. The van der Waals surface area contributed by atoms with Crippen molar-refractivity contribution in [1.82, 2.24) is 0 Å². The van der Waals surface area contributed by atoms with E-state index in [1.807, 2.05) is 13.8 Å². The number of rotatable bonds is 3. The maximum Gasteiger partial charge on any atom is 0.346 e. The third-order valence-corrected chi connectivity index (χ3v) is 12.4. The lowest BCUT2D eigenvalue weighted by atomic mass is 9.45. The van der Waals surface area contributed by atoms with Gasteiger partial charge in [0.25, 0.3) is 11.8 Å². The first-order chi connectivity index (χ1) is 15.9. The van der Waals surface area contributed by atoms with Crippen LogP contribution in [0.5, 0.6) is 0 Å². The molecular weight excluding hydrogens is 474 g/mol. The van der Waals surface area contributed by atoms with Crippen molar-refractivity contribution in [2.24, 2.45) is 45.8 Å². The number of Topliss-reactive ketones (excluding diaryl/α,β-unsaturated/α-hetero) is 1. The molecule has 1 saturated heterocycles. The molecule has 0 aromatic rings. The lowest BCUT2D eigenvalue weighted by Gasteiger charge is -2.59. The summed E-state index contributed by atoms with van der Waals surface area (Å²) in [7, 11) is 0. The number of epoxide rings is 1. The minimum Gasteiger partial charge on any atom is -0.354 e. The van der Waals surface area contributed by atoms with Gasteiger partial charge in [0.15, 0.2) is 17.0 Å². The zero-order valence-electron chi connectivity index (χ0n) is 20.4. The van der Waals surface area contributed by atoms with Gasteiger partial charge in [-0.25, -0.2) is 17.6 Å². The summed E-state index contributed by atoms with van der Waals surface area (Å²) in [5, 5.41) is 0. The van der Waals surface area contributed by atoms with E-state index in [2.05, 4.69) is 4.74 Å². The Morgan fingerprint density at radius 2 is 1.71 bits per heavy atom. The van der Waals surface area contributed by atoms with Crippen molar-refractivity contribution >= 4 is 5.78 Å². The average molecular weight is 505 g/mol. The molecule has 0 N–H and O–H groups in total. The average Bonchev–Trinajstić information content (AvgIpc) is 3.57. The van der Waals surface area contributed by atoms with Crippen LogP contribution in [0.3, 0.4) is 0 Å². The fraction of sp³-hybridized carbons (Fsp3) is 0.885. The van der Waals surface area contributed by atoms with Gasteiger partial charge < -0.3 is 9.47 Å². The Balaban J connectivity index is 1.37. The van der Waals surface area contributed by atoms with Crippen LogP contribution in [0.4, 0.5) is 26.3 Å². The Hall–Kier alpha value is -1.09. The second kappa shape index (κ2) is 5.52. The largest absolute Gasteiger partial charge is 0.354 e. The van der Waals surface area contributed by atoms with E-state index >= 15 is 8.78 Å². The second-order valence-corrected chi connectivity index (χ2v) is 13.4. The Labute approximate surface area is 200 Å². The third kappa shape index (κ3) is 1.95. The van der Waals surface area contributed by atoms with Crippen molar-refractivity contribution in [1.29, 1.82) is 0 Å². The summed E-state index contributed by atoms with van der Waals surface area (Å²) in [5.74, 6) is -10.3. The van der Waals surface area contributed by atoms with Crippen LogP contribution in [-0.4, -0.2) is 41.0 Å². The van der Waals surface area contributed by atoms with Crippen LogP contribution >= 0.6 is 0 Å². The first-order valence-corrected chi connectivity index (χ1v) is 12.6. The molecule has 11 atom stereocenters. The highest BCUT2D eigenvalue weighted by molar-refractivity contribution is 5.91. The summed E-state index contributed by atoms with van der Waals surface area (Å²) in [4.78, 5) is 12.8. The van der Waals surface area contributed by atoms with E-state index in [0.29, 0.717) is 19.3 Å². The van der Waals surface area contributed by atoms with Crippen LogP contribution in [-0.2, 0) is 14.3 Å². The molecule has 0 spiro atoms. The molecule has 7 rings (SSSR count). The maximum atomic E-state index is 15.8. The van der Waals surface area contributed by atoms with Gasteiger partial charge in [-0.15, -0.1) is 0 Å². The molecule has 1 heterocycles. The van der Waals surface area contributed by atoms with E-state index in [9.17, 15) is 22.4 Å². The number of carbonyl (C=O) groups is 1. The number of alkyl halides is 6. The van der Waals surface area contributed by atoms with Crippen molar-refractivity contribution < 1.29 is 40.6 Å². The molecular formula is C26H30F6O3. The number of hydrogen-bond donors (Lipinski definition) is 0. The van der Waals surface area contributed by atoms with Gasteiger partial charge in [-0.05, 0) is 75.7 Å². The Kier molecular flexibility index (Phi) is 3.64. The summed E-state index contributed by atoms with van der Waals surface area (Å²) in [5.41, 5.74) is -7.29. The van der Waals surface area contributed by atoms with Gasteiger partial charge in [0.05, 0.1) is 11.3 Å². The van der Waals surface area contributed by atoms with Crippen LogP contribution < -0.4 is 0 Å². The standard InChI is InChI=1S/C26H30F6O3/c1-11(33)24-20(3)7-6-12-16(13(20)8-21(24,4)35-24)17-22(5,26(17,31)32)14-10-23(34-18(27)28)15(25(23,29)30)9-19(12,14)2/h10,12-13,15-18H,6-9H2,1-5H3. The summed E-state index contributed by atoms with van der Waals surface area (Å²) in [6.45, 7) is 5.14. The Bertz CT molecular complexity index is 1120. The smallest absolute Gasteiger partial charge is 0.346 e. The second-order valence-electron chi connectivity index (χ2n) is 13.4. The molecule has 1 aliphatic heterocycles. The highest BCUT2D eigenvalue weighted by Gasteiger charge is 2.94. The van der Waals surface area contributed by atoms with E-state index in [-0.39, 0.29) is 29.6 Å². The summed E-state index contributed by atoms with van der Waals surface area (Å²) < 4.78 is 98.5. The molecule has 6 aliphatic carbocycles. The van der Waals surface area contributed by atoms with Crippen molar-refractivity contribution in [3.63, 3.8) is 0 Å². The fourth-order valence-corrected chi connectivity index (χ4v) is 10.9. The van der Waals surface area contributed by atoms with Crippen molar-refractivity contribution in [3.05, 3.63) is 11.6 Å². The molecule has 9 heteroatoms. The molecule has 6 fully saturated rings. The number of carbonyl (C=O) groups excluding carboxylic acids is 1. The lowest BCUT2D eigenvalue weighted by molar-refractivity contribution is -0.187. The van der Waals surface area contributed by atoms with Crippen molar-refractivity contribution in [2.75, 3.05) is 0 Å². The van der Waals surface area contributed by atoms with E-state index in [0.717, 1.165) is 6.08 Å². The van der Waals surface area contributed by atoms with Crippen LogP contribution in [0.15, 0.2) is 11.6 Å². The van der Waals surface area contributed by atoms with Gasteiger partial charge in [-0.3, -0.25) is 4.79 Å². The zero-order valence-corrected chi connectivity index (χ0v) is 20.4. The fourth-order valence-electron chi connectivity index (χ4n) is 10.9. The van der Waals surface area contributed by atoms with Gasteiger partial charge in [-0.2, -0.15) is 8.78 Å². The Morgan fingerprint density at radius 1 is 1.06 bits per heavy atom. The van der Waals surface area contributed by atoms with Gasteiger partial charge in [0.2, 0.25) is 0 Å². The van der Waals surface area contributed by atoms with Crippen LogP contribution in [0, 0.1) is 45.8 Å². The molecule has 0 bridgehead atoms. The first-order valence-electron chi connectivity index (χ1n) is 12.6. The number of hydrogen-bond acceptors (Lipinski definition) is 3. The molecule has 194 valence electrons. The van der Waals surface area contributed by atoms with Gasteiger partial charge in [0.1, 0.15) is 5.60 Å². The van der Waals surface area contributed by atoms with Crippen LogP contribution in [0.25, 0.3) is 0 Å². The SMILES string of the molecule is CC(=O)C12OC1(C)CC1C3C(CCC12C)C1(C)CC2C(F)(F)C2(OC(F)F)C=C1C1(C)C3C1(F)F. The minimum atomic E-state index is -3.53. The van der Waals surface area contributed by atoms with Gasteiger partial charge in [0, 0.05) is 11.3 Å². The van der Waals surface area contributed by atoms with Crippen LogP contribution in [0.2, 0.25) is 0 Å². The van der Waals surface area contributed by atoms with Crippen LogP contribution in [0.1, 0.15) is 60.3 Å². The summed E-state index contributed by atoms with van der Waals surface area (Å²) >= 11 is 0. The van der Waals surface area contributed by atoms with E-state index in [1.165, 1.54) is 13.8 Å². The quantitative estimate of drug-likeness (QED) is 0.268. The van der Waals surface area contributed by atoms with Crippen molar-refractivity contribution in [3.8, 4) is 0 Å². The number of fused-ring (bicyclic) bond motifs is 11. The predicted molar refractivity (Wildman–Crippen MR) is 111 cm³/mol. The molecule has 0 radical (unpaired) electrons. The molecule has 0 aromatic carbocycles. The maximum absolute atomic E-state index is 15.8. The van der Waals surface area contributed by atoms with E-state index < -0.39 is 69.3 Å².